The maximum absolute atomic E-state index is 12.8. The van der Waals surface area contributed by atoms with Gasteiger partial charge in [-0.05, 0) is 38.3 Å². The quantitative estimate of drug-likeness (QED) is 0.320. The summed E-state index contributed by atoms with van der Waals surface area (Å²) < 4.78 is 5.47. The van der Waals surface area contributed by atoms with E-state index >= 15 is 0 Å². The molecule has 0 unspecified atom stereocenters. The van der Waals surface area contributed by atoms with Gasteiger partial charge in [0.2, 0.25) is 5.91 Å². The molecule has 0 saturated carbocycles. The van der Waals surface area contributed by atoms with Crippen molar-refractivity contribution >= 4 is 17.8 Å². The van der Waals surface area contributed by atoms with Gasteiger partial charge >= 0.3 is 5.97 Å². The molecule has 166 valence electrons. The summed E-state index contributed by atoms with van der Waals surface area (Å²) >= 11 is 0. The minimum Gasteiger partial charge on any atom is -0.507 e. The molecular formula is C21H30N2O7. The topological polar surface area (TPSA) is 150 Å². The van der Waals surface area contributed by atoms with Crippen LogP contribution in [0.4, 0.5) is 0 Å². The van der Waals surface area contributed by atoms with Crippen LogP contribution in [0.25, 0.3) is 0 Å². The van der Waals surface area contributed by atoms with Crippen molar-refractivity contribution in [1.82, 2.24) is 4.90 Å². The Morgan fingerprint density at radius 1 is 1.20 bits per heavy atom. The van der Waals surface area contributed by atoms with Gasteiger partial charge in [0.1, 0.15) is 17.9 Å². The lowest BCUT2D eigenvalue weighted by Crippen LogP contribution is -2.42. The van der Waals surface area contributed by atoms with Crippen molar-refractivity contribution in [1.29, 1.82) is 0 Å². The normalized spacial score (nSPS) is 20.6. The molecule has 0 radical (unpaired) electrons. The highest BCUT2D eigenvalue weighted by Crippen LogP contribution is 2.26. The summed E-state index contributed by atoms with van der Waals surface area (Å²) in [4.78, 5) is 37.4. The van der Waals surface area contributed by atoms with Gasteiger partial charge < -0.3 is 30.7 Å². The number of ether oxygens (including phenoxy) is 1. The summed E-state index contributed by atoms with van der Waals surface area (Å²) in [5.74, 6) is -2.05. The standard InChI is InChI=1S/C21H30N2O7/c1-13(7-3-2-4-10-18(26)19(22)27)30-21(29)16-11-14(24)12-23(16)20(28)15-8-5-6-9-17(15)25/h5-6,8-9,13-14,16,18,24-26H,2-4,7,10-12H2,1H3,(H2,22,27)/t13-,14-,16+,18-/m1/s1. The second-order valence-corrected chi connectivity index (χ2v) is 7.68. The number of amides is 2. The minimum atomic E-state index is -1.14. The first kappa shape index (κ1) is 23.6. The molecule has 2 rings (SSSR count). The fourth-order valence-corrected chi connectivity index (χ4v) is 3.50. The number of aromatic hydroxyl groups is 1. The van der Waals surface area contributed by atoms with Crippen LogP contribution in [0.5, 0.6) is 5.75 Å². The maximum atomic E-state index is 12.8. The molecular weight excluding hydrogens is 392 g/mol. The number of carbonyl (C=O) groups is 3. The van der Waals surface area contributed by atoms with Gasteiger partial charge in [-0.3, -0.25) is 9.59 Å². The zero-order chi connectivity index (χ0) is 22.3. The summed E-state index contributed by atoms with van der Waals surface area (Å²) in [7, 11) is 0. The first-order valence-electron chi connectivity index (χ1n) is 10.2. The van der Waals surface area contributed by atoms with Crippen molar-refractivity contribution < 1.29 is 34.4 Å². The third-order valence-corrected chi connectivity index (χ3v) is 5.18. The Morgan fingerprint density at radius 2 is 1.87 bits per heavy atom. The third kappa shape index (κ3) is 6.43. The number of nitrogens with two attached hydrogens (primary N) is 1. The van der Waals surface area contributed by atoms with Crippen molar-refractivity contribution in [2.45, 2.75) is 69.8 Å². The van der Waals surface area contributed by atoms with Crippen molar-refractivity contribution in [2.75, 3.05) is 6.54 Å². The van der Waals surface area contributed by atoms with Crippen LogP contribution in [0.15, 0.2) is 24.3 Å². The van der Waals surface area contributed by atoms with E-state index in [9.17, 15) is 29.7 Å². The molecule has 1 heterocycles. The molecule has 1 aliphatic heterocycles. The van der Waals surface area contributed by atoms with Crippen LogP contribution in [0.2, 0.25) is 0 Å². The number of phenols is 1. The Labute approximate surface area is 175 Å². The van der Waals surface area contributed by atoms with Gasteiger partial charge in [0.05, 0.1) is 17.8 Å². The second kappa shape index (κ2) is 10.9. The predicted molar refractivity (Wildman–Crippen MR) is 107 cm³/mol. The number of unbranched alkanes of at least 4 members (excludes halogenated alkanes) is 2. The van der Waals surface area contributed by atoms with Gasteiger partial charge in [0, 0.05) is 13.0 Å². The first-order valence-corrected chi connectivity index (χ1v) is 10.2. The first-order chi connectivity index (χ1) is 14.2. The molecule has 9 heteroatoms. The number of carbonyl (C=O) groups excluding carboxylic acids is 3. The molecule has 1 aromatic carbocycles. The number of likely N-dealkylation sites (tertiary alicyclic amines) is 1. The van der Waals surface area contributed by atoms with Crippen LogP contribution in [-0.2, 0) is 14.3 Å². The molecule has 0 aliphatic carbocycles. The number of phenolic OH excluding ortho intramolecular Hbond substituents is 1. The highest BCUT2D eigenvalue weighted by Gasteiger charge is 2.41. The number of benzene rings is 1. The third-order valence-electron chi connectivity index (χ3n) is 5.18. The Hall–Kier alpha value is -2.65. The molecule has 1 aromatic rings. The molecule has 0 spiro atoms. The van der Waals surface area contributed by atoms with E-state index in [2.05, 4.69) is 0 Å². The lowest BCUT2D eigenvalue weighted by Gasteiger charge is -2.25. The van der Waals surface area contributed by atoms with Gasteiger partial charge in [-0.2, -0.15) is 0 Å². The van der Waals surface area contributed by atoms with Crippen molar-refractivity contribution in [3.8, 4) is 5.75 Å². The molecule has 9 nitrogen and oxygen atoms in total. The van der Waals surface area contributed by atoms with Gasteiger partial charge in [0.15, 0.2) is 0 Å². The number of β-amino-alcohol motifs (C(OH)–C–C–N with tert-alkyl or cyclic N) is 1. The van der Waals surface area contributed by atoms with Crippen LogP contribution < -0.4 is 5.73 Å². The Balaban J connectivity index is 1.84. The van der Waals surface area contributed by atoms with E-state index in [1.54, 1.807) is 19.1 Å². The van der Waals surface area contributed by atoms with Crippen molar-refractivity contribution in [3.05, 3.63) is 29.8 Å². The van der Waals surface area contributed by atoms with E-state index in [1.165, 1.54) is 17.0 Å². The molecule has 0 aromatic heterocycles. The van der Waals surface area contributed by atoms with Crippen LogP contribution >= 0.6 is 0 Å². The summed E-state index contributed by atoms with van der Waals surface area (Å²) in [5, 5.41) is 29.3. The molecule has 1 fully saturated rings. The minimum absolute atomic E-state index is 0.0104. The van der Waals surface area contributed by atoms with Crippen LogP contribution in [0, 0.1) is 0 Å². The molecule has 5 N–H and O–H groups in total. The number of hydrogen-bond acceptors (Lipinski definition) is 7. The van der Waals surface area contributed by atoms with E-state index < -0.39 is 42.1 Å². The number of rotatable bonds is 10. The number of aliphatic hydroxyl groups is 2. The van der Waals surface area contributed by atoms with Gasteiger partial charge in [-0.25, -0.2) is 4.79 Å². The van der Waals surface area contributed by atoms with Crippen LogP contribution in [0.1, 0.15) is 55.8 Å². The monoisotopic (exact) mass is 422 g/mol. The zero-order valence-corrected chi connectivity index (χ0v) is 17.1. The number of primary amides is 1. The number of esters is 1. The van der Waals surface area contributed by atoms with Crippen molar-refractivity contribution in [2.24, 2.45) is 5.73 Å². The van der Waals surface area contributed by atoms with E-state index in [0.717, 1.165) is 12.8 Å². The van der Waals surface area contributed by atoms with E-state index in [-0.39, 0.29) is 24.3 Å². The fourth-order valence-electron chi connectivity index (χ4n) is 3.50. The molecule has 2 amide bonds. The highest BCUT2D eigenvalue weighted by atomic mass is 16.5. The summed E-state index contributed by atoms with van der Waals surface area (Å²) in [6.45, 7) is 1.74. The van der Waals surface area contributed by atoms with E-state index in [4.69, 9.17) is 10.5 Å². The summed E-state index contributed by atoms with van der Waals surface area (Å²) in [5.41, 5.74) is 5.06. The number of nitrogens with zero attached hydrogens (tertiary/aromatic N) is 1. The van der Waals surface area contributed by atoms with Gasteiger partial charge in [-0.1, -0.05) is 25.0 Å². The molecule has 30 heavy (non-hydrogen) atoms. The van der Waals surface area contributed by atoms with E-state index in [0.29, 0.717) is 19.3 Å². The lowest BCUT2D eigenvalue weighted by atomic mass is 10.1. The number of hydrogen-bond donors (Lipinski definition) is 4. The van der Waals surface area contributed by atoms with Gasteiger partial charge in [-0.15, -0.1) is 0 Å². The maximum Gasteiger partial charge on any atom is 0.329 e. The molecule has 4 atom stereocenters. The Kier molecular flexibility index (Phi) is 8.61. The van der Waals surface area contributed by atoms with Crippen molar-refractivity contribution in [3.63, 3.8) is 0 Å². The van der Waals surface area contributed by atoms with Gasteiger partial charge in [0.25, 0.3) is 5.91 Å². The molecule has 1 saturated heterocycles. The van der Waals surface area contributed by atoms with E-state index in [1.807, 2.05) is 0 Å². The second-order valence-electron chi connectivity index (χ2n) is 7.68. The number of aliphatic hydroxyl groups excluding tert-OH is 2. The summed E-state index contributed by atoms with van der Waals surface area (Å²) in [6.07, 6.45) is 0.691. The average Bonchev–Trinajstić information content (AvgIpc) is 3.09. The summed E-state index contributed by atoms with van der Waals surface area (Å²) in [6, 6.07) is 5.13. The average molecular weight is 422 g/mol. The van der Waals surface area contributed by atoms with Crippen LogP contribution in [-0.4, -0.2) is 68.9 Å². The van der Waals surface area contributed by atoms with Crippen LogP contribution in [0.3, 0.4) is 0 Å². The number of para-hydroxylation sites is 1. The molecule has 0 bridgehead atoms. The Bertz CT molecular complexity index is 755. The zero-order valence-electron chi connectivity index (χ0n) is 17.1. The SMILES string of the molecule is C[C@H](CCCCC[C@@H](O)C(N)=O)OC(=O)[C@@H]1C[C@@H](O)CN1C(=O)c1ccccc1O. The predicted octanol–water partition coefficient (Wildman–Crippen LogP) is 0.696. The Morgan fingerprint density at radius 3 is 2.53 bits per heavy atom. The molecule has 1 aliphatic rings. The fraction of sp³-hybridized carbons (Fsp3) is 0.571. The largest absolute Gasteiger partial charge is 0.507 e. The lowest BCUT2D eigenvalue weighted by molar-refractivity contribution is -0.153. The highest BCUT2D eigenvalue weighted by molar-refractivity contribution is 5.99. The smallest absolute Gasteiger partial charge is 0.329 e.